The van der Waals surface area contributed by atoms with Gasteiger partial charge in [-0.05, 0) is 74.6 Å². The monoisotopic (exact) mass is 478 g/mol. The first-order valence-electron chi connectivity index (χ1n) is 11.7. The summed E-state index contributed by atoms with van der Waals surface area (Å²) in [5, 5.41) is 2.18. The van der Waals surface area contributed by atoms with Gasteiger partial charge in [-0.2, -0.15) is 0 Å². The second-order valence-corrected chi connectivity index (χ2v) is 9.27. The van der Waals surface area contributed by atoms with E-state index in [-0.39, 0.29) is 6.10 Å². The second-order valence-electron chi connectivity index (χ2n) is 7.97. The number of benzene rings is 2. The van der Waals surface area contributed by atoms with E-state index < -0.39 is 0 Å². The van der Waals surface area contributed by atoms with Crippen molar-refractivity contribution in [3.8, 4) is 17.2 Å². The Morgan fingerprint density at radius 3 is 2.40 bits per heavy atom. The van der Waals surface area contributed by atoms with Gasteiger partial charge >= 0.3 is 0 Å². The average molecular weight is 479 g/mol. The first-order chi connectivity index (χ1) is 14.6. The van der Waals surface area contributed by atoms with E-state index in [1.54, 1.807) is 7.11 Å². The lowest BCUT2D eigenvalue weighted by atomic mass is 10.1. The number of rotatable bonds is 15. The van der Waals surface area contributed by atoms with E-state index in [0.29, 0.717) is 11.4 Å². The maximum atomic E-state index is 6.27. The predicted molar refractivity (Wildman–Crippen MR) is 132 cm³/mol. The zero-order valence-electron chi connectivity index (χ0n) is 19.2. The summed E-state index contributed by atoms with van der Waals surface area (Å²) in [4.78, 5) is 0.614. The molecule has 2 rings (SSSR count). The summed E-state index contributed by atoms with van der Waals surface area (Å²) in [5.74, 6) is 2.55. The number of fused-ring (bicyclic) bond motifs is 1. The third-order valence-corrected chi connectivity index (χ3v) is 6.72. The molecule has 0 saturated carbocycles. The quantitative estimate of drug-likeness (QED) is 0.190. The fourth-order valence-electron chi connectivity index (χ4n) is 3.67. The molecule has 2 atom stereocenters. The Kier molecular flexibility index (Phi) is 11.4. The minimum atomic E-state index is 0.283. The summed E-state index contributed by atoms with van der Waals surface area (Å²) in [7, 11) is 1.71. The molecule has 0 fully saturated rings. The first-order valence-corrected chi connectivity index (χ1v) is 12.6. The van der Waals surface area contributed by atoms with Gasteiger partial charge in [0.1, 0.15) is 5.75 Å². The van der Waals surface area contributed by atoms with E-state index in [1.165, 1.54) is 32.1 Å². The van der Waals surface area contributed by atoms with Crippen LogP contribution >= 0.6 is 15.9 Å². The van der Waals surface area contributed by atoms with Gasteiger partial charge in [0.05, 0.1) is 19.8 Å². The molecule has 0 aromatic heterocycles. The molecule has 4 heteroatoms. The molecule has 0 N–H and O–H groups in total. The van der Waals surface area contributed by atoms with Crippen LogP contribution in [0.25, 0.3) is 10.8 Å². The number of halogens is 1. The third kappa shape index (κ3) is 7.68. The Morgan fingerprint density at radius 2 is 1.70 bits per heavy atom. The third-order valence-electron chi connectivity index (χ3n) is 5.61. The zero-order chi connectivity index (χ0) is 21.8. The molecule has 0 amide bonds. The molecule has 2 aromatic rings. The van der Waals surface area contributed by atoms with Gasteiger partial charge < -0.3 is 14.2 Å². The van der Waals surface area contributed by atoms with Gasteiger partial charge in [0, 0.05) is 10.2 Å². The van der Waals surface area contributed by atoms with Crippen molar-refractivity contribution in [1.82, 2.24) is 0 Å². The number of alkyl halides is 1. The van der Waals surface area contributed by atoms with Crippen LogP contribution < -0.4 is 14.2 Å². The summed E-state index contributed by atoms with van der Waals surface area (Å²) < 4.78 is 18.0. The van der Waals surface area contributed by atoms with E-state index in [2.05, 4.69) is 61.0 Å². The molecule has 0 heterocycles. The number of hydrogen-bond donors (Lipinski definition) is 0. The van der Waals surface area contributed by atoms with Crippen LogP contribution in [0.5, 0.6) is 17.2 Å². The molecule has 0 bridgehead atoms. The lowest BCUT2D eigenvalue weighted by molar-refractivity contribution is 0.183. The van der Waals surface area contributed by atoms with Gasteiger partial charge in [0.25, 0.3) is 0 Å². The molecule has 0 aliphatic heterocycles. The van der Waals surface area contributed by atoms with Crippen LogP contribution in [0.3, 0.4) is 0 Å². The van der Waals surface area contributed by atoms with Crippen molar-refractivity contribution in [3.05, 3.63) is 30.3 Å². The highest BCUT2D eigenvalue weighted by atomic mass is 79.9. The van der Waals surface area contributed by atoms with Crippen molar-refractivity contribution >= 4 is 26.7 Å². The highest BCUT2D eigenvalue weighted by molar-refractivity contribution is 9.09. The lowest BCUT2D eigenvalue weighted by Crippen LogP contribution is -2.15. The van der Waals surface area contributed by atoms with Gasteiger partial charge in [-0.25, -0.2) is 0 Å². The minimum Gasteiger partial charge on any atom is -0.492 e. The molecule has 168 valence electrons. The van der Waals surface area contributed by atoms with E-state index in [1.807, 2.05) is 6.07 Å². The van der Waals surface area contributed by atoms with Crippen molar-refractivity contribution in [2.45, 2.75) is 89.5 Å². The van der Waals surface area contributed by atoms with E-state index >= 15 is 0 Å². The zero-order valence-corrected chi connectivity index (χ0v) is 20.8. The number of methoxy groups -OCH3 is 1. The van der Waals surface area contributed by atoms with Gasteiger partial charge in [-0.3, -0.25) is 0 Å². The minimum absolute atomic E-state index is 0.283. The maximum Gasteiger partial charge on any atom is 0.168 e. The van der Waals surface area contributed by atoms with Crippen LogP contribution in [0.4, 0.5) is 0 Å². The summed E-state index contributed by atoms with van der Waals surface area (Å²) in [6, 6.07) is 10.4. The Morgan fingerprint density at radius 1 is 0.900 bits per heavy atom. The van der Waals surface area contributed by atoms with Gasteiger partial charge in [-0.1, -0.05) is 55.6 Å². The van der Waals surface area contributed by atoms with E-state index in [4.69, 9.17) is 14.2 Å². The van der Waals surface area contributed by atoms with Crippen molar-refractivity contribution in [2.75, 3.05) is 13.7 Å². The topological polar surface area (TPSA) is 27.7 Å². The second kappa shape index (κ2) is 13.8. The van der Waals surface area contributed by atoms with Crippen LogP contribution in [0.2, 0.25) is 0 Å². The standard InChI is InChI=1S/C26H39BrO3/c1-5-8-9-13-22(7-3)30-23-15-16-24-20(19-23)14-17-25(26(24)28-4)29-18-11-10-12-21(27)6-2/h14-17,19,21-22H,5-13,18H2,1-4H3. The SMILES string of the molecule is CCCCCC(CC)Oc1ccc2c(OC)c(OCCCCC(Br)CC)ccc2c1. The first kappa shape index (κ1) is 24.8. The molecule has 30 heavy (non-hydrogen) atoms. The highest BCUT2D eigenvalue weighted by Crippen LogP contribution is 2.37. The van der Waals surface area contributed by atoms with Gasteiger partial charge in [0.15, 0.2) is 11.5 Å². The van der Waals surface area contributed by atoms with Crippen molar-refractivity contribution < 1.29 is 14.2 Å². The molecule has 0 radical (unpaired) electrons. The van der Waals surface area contributed by atoms with Crippen molar-refractivity contribution in [2.24, 2.45) is 0 Å². The Balaban J connectivity index is 2.02. The van der Waals surface area contributed by atoms with Crippen LogP contribution in [0.1, 0.15) is 78.6 Å². The average Bonchev–Trinajstić information content (AvgIpc) is 2.77. The predicted octanol–water partition coefficient (Wildman–Crippen LogP) is 8.31. The fraction of sp³-hybridized carbons (Fsp3) is 0.615. The van der Waals surface area contributed by atoms with E-state index in [0.717, 1.165) is 53.7 Å². The number of ether oxygens (including phenoxy) is 3. The molecule has 2 unspecified atom stereocenters. The Bertz CT molecular complexity index is 746. The highest BCUT2D eigenvalue weighted by Gasteiger charge is 2.13. The smallest absolute Gasteiger partial charge is 0.168 e. The van der Waals surface area contributed by atoms with Crippen molar-refractivity contribution in [1.29, 1.82) is 0 Å². The Hall–Kier alpha value is -1.42. The molecular formula is C26H39BrO3. The summed E-state index contributed by atoms with van der Waals surface area (Å²) >= 11 is 3.69. The van der Waals surface area contributed by atoms with Crippen molar-refractivity contribution in [3.63, 3.8) is 0 Å². The summed E-state index contributed by atoms with van der Waals surface area (Å²) in [6.07, 6.45) is 10.7. The Labute approximate surface area is 191 Å². The molecule has 0 saturated heterocycles. The van der Waals surface area contributed by atoms with Crippen LogP contribution in [-0.2, 0) is 0 Å². The van der Waals surface area contributed by atoms with Crippen LogP contribution in [0.15, 0.2) is 30.3 Å². The van der Waals surface area contributed by atoms with Crippen LogP contribution in [0, 0.1) is 0 Å². The number of unbranched alkanes of at least 4 members (excludes halogenated alkanes) is 3. The largest absolute Gasteiger partial charge is 0.492 e. The lowest BCUT2D eigenvalue weighted by Gasteiger charge is -2.18. The van der Waals surface area contributed by atoms with E-state index in [9.17, 15) is 0 Å². The van der Waals surface area contributed by atoms with Crippen LogP contribution in [-0.4, -0.2) is 24.6 Å². The number of hydrogen-bond acceptors (Lipinski definition) is 3. The molecule has 3 nitrogen and oxygen atoms in total. The fourth-order valence-corrected chi connectivity index (χ4v) is 4.00. The normalized spacial score (nSPS) is 13.2. The molecule has 0 spiro atoms. The molecule has 2 aromatic carbocycles. The molecular weight excluding hydrogens is 440 g/mol. The summed E-state index contributed by atoms with van der Waals surface area (Å²) in [5.41, 5.74) is 0. The van der Waals surface area contributed by atoms with Gasteiger partial charge in [0.2, 0.25) is 0 Å². The molecule has 0 aliphatic rings. The molecule has 0 aliphatic carbocycles. The summed E-state index contributed by atoms with van der Waals surface area (Å²) in [6.45, 7) is 7.36. The van der Waals surface area contributed by atoms with Gasteiger partial charge in [-0.15, -0.1) is 0 Å². The maximum absolute atomic E-state index is 6.27.